The average Bonchev–Trinajstić information content (AvgIpc) is 2.78. The van der Waals surface area contributed by atoms with Crippen LogP contribution in [0.2, 0.25) is 0 Å². The first-order valence-corrected chi connectivity index (χ1v) is 10.2. The van der Waals surface area contributed by atoms with Crippen molar-refractivity contribution in [1.82, 2.24) is 9.88 Å². The SMILES string of the molecule is COc1ccc(CCC2CCN(C(=O)c3cc4ccccc4c(=O)[nH]3)CC2)cc1. The van der Waals surface area contributed by atoms with Crippen LogP contribution in [0.25, 0.3) is 10.8 Å². The van der Waals surface area contributed by atoms with E-state index in [9.17, 15) is 9.59 Å². The summed E-state index contributed by atoms with van der Waals surface area (Å²) in [7, 11) is 1.68. The molecule has 1 aliphatic rings. The predicted molar refractivity (Wildman–Crippen MR) is 115 cm³/mol. The molecular formula is C24H26N2O3. The molecule has 3 aromatic rings. The highest BCUT2D eigenvalue weighted by atomic mass is 16.5. The summed E-state index contributed by atoms with van der Waals surface area (Å²) < 4.78 is 5.21. The lowest BCUT2D eigenvalue weighted by molar-refractivity contribution is 0.0681. The second-order valence-corrected chi connectivity index (χ2v) is 7.72. The molecular weight excluding hydrogens is 364 g/mol. The molecule has 0 unspecified atom stereocenters. The molecule has 4 rings (SSSR count). The van der Waals surface area contributed by atoms with Gasteiger partial charge in [-0.2, -0.15) is 0 Å². The van der Waals surface area contributed by atoms with Gasteiger partial charge >= 0.3 is 0 Å². The van der Waals surface area contributed by atoms with Gasteiger partial charge < -0.3 is 14.6 Å². The second-order valence-electron chi connectivity index (χ2n) is 7.72. The smallest absolute Gasteiger partial charge is 0.270 e. The Morgan fingerprint density at radius 3 is 2.55 bits per heavy atom. The molecule has 5 nitrogen and oxygen atoms in total. The zero-order valence-electron chi connectivity index (χ0n) is 16.7. The van der Waals surface area contributed by atoms with E-state index in [4.69, 9.17) is 4.74 Å². The van der Waals surface area contributed by atoms with Crippen molar-refractivity contribution in [3.8, 4) is 5.75 Å². The fourth-order valence-corrected chi connectivity index (χ4v) is 4.08. The Morgan fingerprint density at radius 1 is 1.10 bits per heavy atom. The zero-order valence-corrected chi connectivity index (χ0v) is 16.7. The summed E-state index contributed by atoms with van der Waals surface area (Å²) in [4.78, 5) is 29.8. The molecule has 0 spiro atoms. The van der Waals surface area contributed by atoms with Gasteiger partial charge in [-0.3, -0.25) is 9.59 Å². The van der Waals surface area contributed by atoms with Crippen LogP contribution in [-0.2, 0) is 6.42 Å². The minimum absolute atomic E-state index is 0.0820. The number of amides is 1. The first-order chi connectivity index (χ1) is 14.1. The summed E-state index contributed by atoms with van der Waals surface area (Å²) in [6.45, 7) is 1.47. The lowest BCUT2D eigenvalue weighted by Gasteiger charge is -2.32. The Bertz CT molecular complexity index is 1050. The van der Waals surface area contributed by atoms with E-state index in [1.54, 1.807) is 19.2 Å². The fourth-order valence-electron chi connectivity index (χ4n) is 4.08. The lowest BCUT2D eigenvalue weighted by Crippen LogP contribution is -2.39. The second kappa shape index (κ2) is 8.52. The van der Waals surface area contributed by atoms with Crippen LogP contribution in [0.5, 0.6) is 5.75 Å². The molecule has 1 saturated heterocycles. The molecule has 1 fully saturated rings. The van der Waals surface area contributed by atoms with E-state index in [1.807, 2.05) is 35.2 Å². The highest BCUT2D eigenvalue weighted by molar-refractivity contribution is 5.96. The molecule has 29 heavy (non-hydrogen) atoms. The molecule has 1 amide bonds. The van der Waals surface area contributed by atoms with Crippen molar-refractivity contribution in [3.05, 3.63) is 76.2 Å². The molecule has 150 valence electrons. The summed E-state index contributed by atoms with van der Waals surface area (Å²) in [6, 6.07) is 17.4. The summed E-state index contributed by atoms with van der Waals surface area (Å²) in [5.74, 6) is 1.42. The number of likely N-dealkylation sites (tertiary alicyclic amines) is 1. The molecule has 0 radical (unpaired) electrons. The van der Waals surface area contributed by atoms with Gasteiger partial charge in [0.15, 0.2) is 0 Å². The van der Waals surface area contributed by atoms with Crippen LogP contribution in [-0.4, -0.2) is 36.0 Å². The number of rotatable bonds is 5. The van der Waals surface area contributed by atoms with E-state index in [1.165, 1.54) is 5.56 Å². The van der Waals surface area contributed by atoms with Crippen molar-refractivity contribution in [1.29, 1.82) is 0 Å². The minimum atomic E-state index is -0.208. The predicted octanol–water partition coefficient (Wildman–Crippen LogP) is 4.02. The molecule has 0 saturated carbocycles. The van der Waals surface area contributed by atoms with E-state index in [0.717, 1.165) is 49.9 Å². The molecule has 5 heteroatoms. The van der Waals surface area contributed by atoms with Crippen LogP contribution < -0.4 is 10.3 Å². The number of carbonyl (C=O) groups is 1. The number of nitrogens with zero attached hydrogens (tertiary/aromatic N) is 1. The van der Waals surface area contributed by atoms with Crippen LogP contribution in [0.3, 0.4) is 0 Å². The average molecular weight is 390 g/mol. The number of aromatic amines is 1. The van der Waals surface area contributed by atoms with E-state index >= 15 is 0 Å². The highest BCUT2D eigenvalue weighted by Gasteiger charge is 2.24. The largest absolute Gasteiger partial charge is 0.497 e. The third kappa shape index (κ3) is 4.34. The number of carbonyl (C=O) groups excluding carboxylic acids is 1. The highest BCUT2D eigenvalue weighted by Crippen LogP contribution is 2.24. The number of H-pyrrole nitrogens is 1. The van der Waals surface area contributed by atoms with Crippen LogP contribution in [0.15, 0.2) is 59.4 Å². The maximum atomic E-state index is 12.9. The first kappa shape index (κ1) is 19.2. The fraction of sp³-hybridized carbons (Fsp3) is 0.333. The maximum absolute atomic E-state index is 12.9. The molecule has 0 atom stereocenters. The summed E-state index contributed by atoms with van der Waals surface area (Å²) >= 11 is 0. The number of hydrogen-bond acceptors (Lipinski definition) is 3. The number of ether oxygens (including phenoxy) is 1. The third-order valence-corrected chi connectivity index (χ3v) is 5.89. The number of aromatic nitrogens is 1. The van der Waals surface area contributed by atoms with E-state index in [0.29, 0.717) is 17.0 Å². The van der Waals surface area contributed by atoms with E-state index < -0.39 is 0 Å². The number of aryl methyl sites for hydroxylation is 1. The van der Waals surface area contributed by atoms with E-state index in [-0.39, 0.29) is 11.5 Å². The van der Waals surface area contributed by atoms with Gasteiger partial charge in [-0.1, -0.05) is 30.3 Å². The normalized spacial score (nSPS) is 14.9. The molecule has 2 aromatic carbocycles. The minimum Gasteiger partial charge on any atom is -0.497 e. The van der Waals surface area contributed by atoms with Crippen molar-refractivity contribution in [2.24, 2.45) is 5.92 Å². The van der Waals surface area contributed by atoms with Crippen molar-refractivity contribution in [2.75, 3.05) is 20.2 Å². The number of pyridine rings is 1. The summed E-state index contributed by atoms with van der Waals surface area (Å²) in [5, 5.41) is 1.41. The number of fused-ring (bicyclic) bond motifs is 1. The Kier molecular flexibility index (Phi) is 5.65. The molecule has 0 aliphatic carbocycles. The van der Waals surface area contributed by atoms with E-state index in [2.05, 4.69) is 17.1 Å². The molecule has 2 heterocycles. The first-order valence-electron chi connectivity index (χ1n) is 10.2. The van der Waals surface area contributed by atoms with Crippen molar-refractivity contribution in [2.45, 2.75) is 25.7 Å². The molecule has 1 aromatic heterocycles. The Hall–Kier alpha value is -3.08. The van der Waals surface area contributed by atoms with Gasteiger partial charge in [0.2, 0.25) is 0 Å². The van der Waals surface area contributed by atoms with Gasteiger partial charge in [0.05, 0.1) is 7.11 Å². The van der Waals surface area contributed by atoms with Crippen LogP contribution >= 0.6 is 0 Å². The van der Waals surface area contributed by atoms with Gasteiger partial charge in [0, 0.05) is 18.5 Å². The van der Waals surface area contributed by atoms with Crippen molar-refractivity contribution in [3.63, 3.8) is 0 Å². The third-order valence-electron chi connectivity index (χ3n) is 5.89. The zero-order chi connectivity index (χ0) is 20.2. The van der Waals surface area contributed by atoms with Crippen LogP contribution in [0, 0.1) is 5.92 Å². The topological polar surface area (TPSA) is 62.4 Å². The Labute approximate surface area is 170 Å². The Morgan fingerprint density at radius 2 is 1.83 bits per heavy atom. The van der Waals surface area contributed by atoms with Crippen molar-refractivity contribution < 1.29 is 9.53 Å². The molecule has 1 aliphatic heterocycles. The number of nitrogens with one attached hydrogen (secondary N) is 1. The maximum Gasteiger partial charge on any atom is 0.270 e. The van der Waals surface area contributed by atoms with Crippen LogP contribution in [0.1, 0.15) is 35.3 Å². The summed E-state index contributed by atoms with van der Waals surface area (Å²) in [6.07, 6.45) is 4.17. The van der Waals surface area contributed by atoms with Crippen molar-refractivity contribution >= 4 is 16.7 Å². The van der Waals surface area contributed by atoms with Crippen LogP contribution in [0.4, 0.5) is 0 Å². The number of methoxy groups -OCH3 is 1. The van der Waals surface area contributed by atoms with Gasteiger partial charge in [-0.25, -0.2) is 0 Å². The number of benzene rings is 2. The number of piperidine rings is 1. The monoisotopic (exact) mass is 390 g/mol. The standard InChI is InChI=1S/C24H26N2O3/c1-29-20-10-8-17(9-11-20)6-7-18-12-14-26(15-13-18)24(28)22-16-19-4-2-3-5-21(19)23(27)25-22/h2-5,8-11,16,18H,6-7,12-15H2,1H3,(H,25,27). The summed E-state index contributed by atoms with van der Waals surface area (Å²) in [5.41, 5.74) is 1.49. The number of hydrogen-bond donors (Lipinski definition) is 1. The van der Waals surface area contributed by atoms with Gasteiger partial charge in [0.25, 0.3) is 11.5 Å². The van der Waals surface area contributed by atoms with Gasteiger partial charge in [-0.15, -0.1) is 0 Å². The molecule has 1 N–H and O–H groups in total. The Balaban J connectivity index is 1.34. The lowest BCUT2D eigenvalue weighted by atomic mass is 9.90. The van der Waals surface area contributed by atoms with Gasteiger partial charge in [-0.05, 0) is 66.8 Å². The molecule has 0 bridgehead atoms. The quantitative estimate of drug-likeness (QED) is 0.716. The van der Waals surface area contributed by atoms with Gasteiger partial charge in [0.1, 0.15) is 11.4 Å².